The molecule has 2 heterocycles. The highest BCUT2D eigenvalue weighted by atomic mass is 127. The normalized spacial score (nSPS) is 22.0. The highest BCUT2D eigenvalue weighted by Gasteiger charge is 2.41. The van der Waals surface area contributed by atoms with Gasteiger partial charge in [0, 0.05) is 75.0 Å². The van der Waals surface area contributed by atoms with Crippen LogP contribution in [0.1, 0.15) is 32.6 Å². The summed E-state index contributed by atoms with van der Waals surface area (Å²) in [6.07, 6.45) is 6.36. The number of hydrazone groups is 1. The summed E-state index contributed by atoms with van der Waals surface area (Å²) >= 11 is 2.22. The molecular formula is C28H47FIN4O4Si2+. The number of carbonyl (C=O) groups is 1. The number of fused-ring (bicyclic) bond motifs is 1. The quantitative estimate of drug-likeness (QED) is 0.0472. The Kier molecular flexibility index (Phi) is 12.3. The molecule has 1 saturated carbocycles. The van der Waals surface area contributed by atoms with Crippen molar-refractivity contribution in [2.75, 3.05) is 33.3 Å². The van der Waals surface area contributed by atoms with Crippen LogP contribution in [0.4, 0.5) is 4.39 Å². The fourth-order valence-electron chi connectivity index (χ4n) is 4.72. The van der Waals surface area contributed by atoms with E-state index < -0.39 is 28.3 Å². The third kappa shape index (κ3) is 9.97. The van der Waals surface area contributed by atoms with E-state index in [1.165, 1.54) is 0 Å². The lowest BCUT2D eigenvalue weighted by atomic mass is 9.77. The SMILES string of the molecule is CCOC(=O)C(F)C1CCC(C2=NC3=C(I)[C+]=NN3C(N(COCC[Si](C)(C)C)COCC[Si](C)(C)C)=C2)CC1. The van der Waals surface area contributed by atoms with E-state index in [-0.39, 0.29) is 18.4 Å². The van der Waals surface area contributed by atoms with Crippen molar-refractivity contribution in [1.82, 2.24) is 9.91 Å². The largest absolute Gasteiger partial charge is 0.464 e. The van der Waals surface area contributed by atoms with Crippen molar-refractivity contribution in [2.45, 2.75) is 90.1 Å². The fraction of sp³-hybridized carbons (Fsp3) is 0.750. The smallest absolute Gasteiger partial charge is 0.341 e. The van der Waals surface area contributed by atoms with Crippen LogP contribution in [0.2, 0.25) is 51.4 Å². The lowest BCUT2D eigenvalue weighted by Gasteiger charge is -2.33. The third-order valence-electron chi connectivity index (χ3n) is 7.30. The number of carbonyl (C=O) groups excluding carboxylic acids is 1. The van der Waals surface area contributed by atoms with Gasteiger partial charge in [-0.3, -0.25) is 0 Å². The van der Waals surface area contributed by atoms with Crippen LogP contribution in [0.3, 0.4) is 0 Å². The van der Waals surface area contributed by atoms with Crippen molar-refractivity contribution in [1.29, 1.82) is 0 Å². The molecular weight excluding hydrogens is 658 g/mol. The molecule has 3 rings (SSSR count). The lowest BCUT2D eigenvalue weighted by molar-refractivity contribution is -0.151. The molecule has 0 spiro atoms. The number of halogens is 2. The predicted molar refractivity (Wildman–Crippen MR) is 173 cm³/mol. The Bertz CT molecular complexity index is 979. The molecule has 0 radical (unpaired) electrons. The molecule has 0 amide bonds. The van der Waals surface area contributed by atoms with Gasteiger partial charge < -0.3 is 19.1 Å². The van der Waals surface area contributed by atoms with Gasteiger partial charge in [0.2, 0.25) is 0 Å². The monoisotopic (exact) mass is 705 g/mol. The van der Waals surface area contributed by atoms with E-state index in [1.54, 1.807) is 6.92 Å². The molecule has 12 heteroatoms. The number of ether oxygens (including phenoxy) is 3. The standard InChI is InChI=1S/C28H47FIN4O4Si2/c1-8-38-28(35)26(29)22-11-9-21(10-12-22)24-17-25(34-27(32-24)23(30)18-31-34)33(19-36-13-15-39(2,3)4)20-37-14-16-40(5,6)7/h17,21-22,26H,8-16,19-20H2,1-7H3/q+1. The number of allylic oxidation sites excluding steroid dienone is 2. The number of aliphatic imine (C=N–C) groups is 1. The summed E-state index contributed by atoms with van der Waals surface area (Å²) in [6.45, 7) is 18.2. The van der Waals surface area contributed by atoms with E-state index in [9.17, 15) is 9.18 Å². The molecule has 0 aromatic carbocycles. The van der Waals surface area contributed by atoms with Crippen molar-refractivity contribution in [3.05, 3.63) is 21.3 Å². The highest BCUT2D eigenvalue weighted by Crippen LogP contribution is 2.38. The zero-order valence-electron chi connectivity index (χ0n) is 25.3. The van der Waals surface area contributed by atoms with Gasteiger partial charge >= 0.3 is 15.4 Å². The van der Waals surface area contributed by atoms with Crippen molar-refractivity contribution in [2.24, 2.45) is 21.9 Å². The Morgan fingerprint density at radius 1 is 1.10 bits per heavy atom. The van der Waals surface area contributed by atoms with Gasteiger partial charge in [-0.25, -0.2) is 9.18 Å². The zero-order valence-corrected chi connectivity index (χ0v) is 29.4. The maximum absolute atomic E-state index is 14.7. The van der Waals surface area contributed by atoms with Crippen molar-refractivity contribution in [3.8, 4) is 0 Å². The van der Waals surface area contributed by atoms with Gasteiger partial charge in [-0.1, -0.05) is 44.3 Å². The Balaban J connectivity index is 1.75. The molecule has 0 aromatic rings. The zero-order chi connectivity index (χ0) is 29.5. The van der Waals surface area contributed by atoms with Crippen LogP contribution >= 0.6 is 22.6 Å². The summed E-state index contributed by atoms with van der Waals surface area (Å²) in [4.78, 5) is 19.0. The van der Waals surface area contributed by atoms with Crippen molar-refractivity contribution >= 4 is 56.6 Å². The van der Waals surface area contributed by atoms with Crippen LogP contribution in [0.25, 0.3) is 0 Å². The van der Waals surface area contributed by atoms with Crippen LogP contribution < -0.4 is 0 Å². The van der Waals surface area contributed by atoms with E-state index in [0.29, 0.717) is 39.5 Å². The first-order chi connectivity index (χ1) is 18.8. The predicted octanol–water partition coefficient (Wildman–Crippen LogP) is 6.70. The van der Waals surface area contributed by atoms with E-state index in [0.717, 1.165) is 45.9 Å². The van der Waals surface area contributed by atoms with Gasteiger partial charge in [-0.2, -0.15) is 0 Å². The second-order valence-electron chi connectivity index (χ2n) is 13.2. The average Bonchev–Trinajstić information content (AvgIpc) is 3.26. The van der Waals surface area contributed by atoms with Gasteiger partial charge in [0.05, 0.1) is 12.3 Å². The van der Waals surface area contributed by atoms with E-state index in [1.807, 2.05) is 5.01 Å². The molecule has 0 saturated heterocycles. The maximum atomic E-state index is 14.7. The first kappa shape index (κ1) is 33.3. The molecule has 0 N–H and O–H groups in total. The summed E-state index contributed by atoms with van der Waals surface area (Å²) in [5.74, 6) is 0.730. The van der Waals surface area contributed by atoms with Gasteiger partial charge in [-0.15, -0.1) is 4.99 Å². The molecule has 2 aliphatic heterocycles. The minimum Gasteiger partial charge on any atom is -0.464 e. The van der Waals surface area contributed by atoms with Crippen molar-refractivity contribution in [3.63, 3.8) is 0 Å². The Labute approximate surface area is 255 Å². The number of hydrogen-bond acceptors (Lipinski definition) is 8. The van der Waals surface area contributed by atoms with Gasteiger partial charge in [0.25, 0.3) is 6.21 Å². The summed E-state index contributed by atoms with van der Waals surface area (Å²) in [7, 11) is -2.44. The molecule has 1 unspecified atom stereocenters. The number of nitrogens with zero attached hydrogens (tertiary/aromatic N) is 4. The fourth-order valence-corrected chi connectivity index (χ4v) is 6.69. The van der Waals surface area contributed by atoms with Crippen LogP contribution in [0.5, 0.6) is 0 Å². The number of hydrogen-bond donors (Lipinski definition) is 0. The van der Waals surface area contributed by atoms with E-state index in [2.05, 4.69) is 84.2 Å². The summed E-state index contributed by atoms with van der Waals surface area (Å²) in [6, 6.07) is 2.18. The molecule has 1 fully saturated rings. The van der Waals surface area contributed by atoms with Crippen LogP contribution in [-0.4, -0.2) is 83.4 Å². The molecule has 40 heavy (non-hydrogen) atoms. The first-order valence-electron chi connectivity index (χ1n) is 14.5. The molecule has 0 bridgehead atoms. The van der Waals surface area contributed by atoms with E-state index in [4.69, 9.17) is 19.2 Å². The Morgan fingerprint density at radius 2 is 1.68 bits per heavy atom. The average molecular weight is 706 g/mol. The second-order valence-corrected chi connectivity index (χ2v) is 25.5. The lowest BCUT2D eigenvalue weighted by Crippen LogP contribution is -2.39. The molecule has 1 aliphatic carbocycles. The van der Waals surface area contributed by atoms with E-state index >= 15 is 0 Å². The first-order valence-corrected chi connectivity index (χ1v) is 23.0. The molecule has 0 aromatic heterocycles. The molecule has 1 atom stereocenters. The summed E-state index contributed by atoms with van der Waals surface area (Å²) < 4.78 is 32.8. The number of alkyl halides is 1. The molecule has 224 valence electrons. The van der Waals surface area contributed by atoms with Crippen LogP contribution in [-0.2, 0) is 19.0 Å². The topological polar surface area (TPSA) is 76.0 Å². The second kappa shape index (κ2) is 14.8. The Morgan fingerprint density at radius 3 is 2.20 bits per heavy atom. The third-order valence-corrected chi connectivity index (χ3v) is 11.4. The molecule has 8 nitrogen and oxygen atoms in total. The molecule has 3 aliphatic rings. The summed E-state index contributed by atoms with van der Waals surface area (Å²) in [5.41, 5.74) is 0.952. The Hall–Kier alpha value is -1.19. The minimum absolute atomic E-state index is 0.169. The number of esters is 1. The van der Waals surface area contributed by atoms with Crippen LogP contribution in [0, 0.1) is 11.8 Å². The highest BCUT2D eigenvalue weighted by molar-refractivity contribution is 14.1. The van der Waals surface area contributed by atoms with Gasteiger partial charge in [-0.05, 0) is 44.7 Å². The maximum Gasteiger partial charge on any atom is 0.341 e. The number of rotatable bonds is 15. The van der Waals surface area contributed by atoms with Gasteiger partial charge in [0.1, 0.15) is 13.5 Å². The van der Waals surface area contributed by atoms with Crippen LogP contribution in [0.15, 0.2) is 31.4 Å². The summed E-state index contributed by atoms with van der Waals surface area (Å²) in [5, 5.41) is 6.33. The van der Waals surface area contributed by atoms with Gasteiger partial charge in [0.15, 0.2) is 12.0 Å². The van der Waals surface area contributed by atoms with Crippen molar-refractivity contribution < 1.29 is 23.4 Å². The minimum atomic E-state index is -1.56.